The first-order valence-corrected chi connectivity index (χ1v) is 6.99. The largest absolute Gasteiger partial charge is 0.465 e. The Morgan fingerprint density at radius 2 is 2.39 bits per heavy atom. The number of hydrogen-bond acceptors (Lipinski definition) is 5. The predicted molar refractivity (Wildman–Crippen MR) is 73.6 cm³/mol. The molecule has 0 N–H and O–H groups in total. The summed E-state index contributed by atoms with van der Waals surface area (Å²) >= 11 is 1.66. The summed E-state index contributed by atoms with van der Waals surface area (Å²) in [6.07, 6.45) is 2.73. The molecule has 0 radical (unpaired) electrons. The minimum absolute atomic E-state index is 0.203. The summed E-state index contributed by atoms with van der Waals surface area (Å²) in [6, 6.07) is 0. The summed E-state index contributed by atoms with van der Waals surface area (Å²) in [5.41, 5.74) is 1.00. The van der Waals surface area contributed by atoms with Crippen LogP contribution in [0.4, 0.5) is 0 Å². The van der Waals surface area contributed by atoms with Crippen LogP contribution in [0.3, 0.4) is 0 Å². The molecule has 0 atom stereocenters. The third-order valence-corrected chi connectivity index (χ3v) is 3.37. The van der Waals surface area contributed by atoms with Crippen LogP contribution in [-0.4, -0.2) is 35.5 Å². The Balaban J connectivity index is 2.56. The van der Waals surface area contributed by atoms with E-state index in [-0.39, 0.29) is 12.5 Å². The second-order valence-electron chi connectivity index (χ2n) is 3.85. The Kier molecular flexibility index (Phi) is 6.60. The van der Waals surface area contributed by atoms with Crippen molar-refractivity contribution < 1.29 is 9.53 Å². The molecule has 0 bridgehead atoms. The molecule has 1 rings (SSSR count). The van der Waals surface area contributed by atoms with E-state index in [1.54, 1.807) is 17.4 Å². The van der Waals surface area contributed by atoms with Crippen molar-refractivity contribution in [1.82, 2.24) is 9.88 Å². The molecule has 1 aromatic rings. The number of carbonyl (C=O) groups is 1. The van der Waals surface area contributed by atoms with Crippen LogP contribution >= 0.6 is 11.3 Å². The lowest BCUT2D eigenvalue weighted by atomic mass is 10.4. The fraction of sp³-hybridized carbons (Fsp3) is 0.538. The Hall–Kier alpha value is -1.20. The van der Waals surface area contributed by atoms with Gasteiger partial charge in [-0.2, -0.15) is 0 Å². The van der Waals surface area contributed by atoms with E-state index in [9.17, 15) is 4.79 Å². The lowest BCUT2D eigenvalue weighted by Gasteiger charge is -2.18. The molecular weight excluding hydrogens is 248 g/mol. The van der Waals surface area contributed by atoms with Crippen LogP contribution < -0.4 is 0 Å². The van der Waals surface area contributed by atoms with Gasteiger partial charge in [0.1, 0.15) is 0 Å². The van der Waals surface area contributed by atoms with Crippen molar-refractivity contribution in [2.24, 2.45) is 0 Å². The monoisotopic (exact) mass is 268 g/mol. The number of aromatic nitrogens is 1. The molecule has 0 saturated carbocycles. The zero-order chi connectivity index (χ0) is 13.4. The number of hydrogen-bond donors (Lipinski definition) is 0. The fourth-order valence-electron chi connectivity index (χ4n) is 1.57. The number of aryl methyl sites for hydroxylation is 1. The van der Waals surface area contributed by atoms with Crippen molar-refractivity contribution in [3.63, 3.8) is 0 Å². The zero-order valence-corrected chi connectivity index (χ0v) is 11.8. The molecule has 0 fully saturated rings. The maximum Gasteiger partial charge on any atom is 0.320 e. The van der Waals surface area contributed by atoms with Crippen molar-refractivity contribution in [3.05, 3.63) is 28.7 Å². The summed E-state index contributed by atoms with van der Waals surface area (Å²) in [5.74, 6) is -0.203. The highest BCUT2D eigenvalue weighted by molar-refractivity contribution is 7.09. The molecule has 0 aromatic carbocycles. The van der Waals surface area contributed by atoms with Gasteiger partial charge in [0.25, 0.3) is 0 Å². The number of esters is 1. The second kappa shape index (κ2) is 8.00. The molecule has 5 heteroatoms. The van der Waals surface area contributed by atoms with Gasteiger partial charge in [0, 0.05) is 18.5 Å². The Morgan fingerprint density at radius 1 is 1.61 bits per heavy atom. The van der Waals surface area contributed by atoms with E-state index in [1.165, 1.54) is 0 Å². The molecule has 1 heterocycles. The smallest absolute Gasteiger partial charge is 0.320 e. The van der Waals surface area contributed by atoms with Crippen molar-refractivity contribution in [1.29, 1.82) is 0 Å². The topological polar surface area (TPSA) is 42.4 Å². The number of ether oxygens (including phenoxy) is 1. The SMILES string of the molecule is C=CCN(CC(=O)OCC)Cc1csc(CC)n1. The number of rotatable bonds is 8. The summed E-state index contributed by atoms with van der Waals surface area (Å²) < 4.78 is 4.95. The minimum atomic E-state index is -0.203. The van der Waals surface area contributed by atoms with Gasteiger partial charge in [-0.1, -0.05) is 13.0 Å². The quantitative estimate of drug-likeness (QED) is 0.536. The van der Waals surface area contributed by atoms with Crippen molar-refractivity contribution in [2.75, 3.05) is 19.7 Å². The lowest BCUT2D eigenvalue weighted by Crippen LogP contribution is -2.31. The summed E-state index contributed by atoms with van der Waals surface area (Å²) in [6.45, 7) is 9.60. The normalized spacial score (nSPS) is 10.6. The average Bonchev–Trinajstić information content (AvgIpc) is 2.77. The maximum absolute atomic E-state index is 11.5. The third kappa shape index (κ3) is 4.98. The highest BCUT2D eigenvalue weighted by Gasteiger charge is 2.12. The summed E-state index contributed by atoms with van der Waals surface area (Å²) in [7, 11) is 0. The molecular formula is C13H20N2O2S. The Labute approximate surface area is 112 Å². The molecule has 1 aromatic heterocycles. The first-order valence-electron chi connectivity index (χ1n) is 6.11. The van der Waals surface area contributed by atoms with Crippen molar-refractivity contribution in [3.8, 4) is 0 Å². The maximum atomic E-state index is 11.5. The lowest BCUT2D eigenvalue weighted by molar-refractivity contribution is -0.144. The summed E-state index contributed by atoms with van der Waals surface area (Å²) in [5, 5.41) is 3.17. The van der Waals surface area contributed by atoms with Gasteiger partial charge in [-0.25, -0.2) is 4.98 Å². The highest BCUT2D eigenvalue weighted by Crippen LogP contribution is 2.12. The fourth-order valence-corrected chi connectivity index (χ4v) is 2.31. The van der Waals surface area contributed by atoms with Gasteiger partial charge in [-0.3, -0.25) is 9.69 Å². The molecule has 0 aliphatic carbocycles. The van der Waals surface area contributed by atoms with Crippen LogP contribution in [0.5, 0.6) is 0 Å². The standard InChI is InChI=1S/C13H20N2O2S/c1-4-7-15(9-13(16)17-6-3)8-11-10-18-12(5-2)14-11/h4,10H,1,5-9H2,2-3H3. The van der Waals surface area contributed by atoms with Crippen LogP contribution in [0.2, 0.25) is 0 Å². The van der Waals surface area contributed by atoms with Gasteiger partial charge < -0.3 is 4.74 Å². The number of thiazole rings is 1. The first-order chi connectivity index (χ1) is 8.69. The highest BCUT2D eigenvalue weighted by atomic mass is 32.1. The number of carbonyl (C=O) groups excluding carboxylic acids is 1. The van der Waals surface area contributed by atoms with E-state index in [1.807, 2.05) is 17.2 Å². The molecule has 0 unspecified atom stereocenters. The van der Waals surface area contributed by atoms with Gasteiger partial charge >= 0.3 is 5.97 Å². The first kappa shape index (κ1) is 14.9. The van der Waals surface area contributed by atoms with Crippen molar-refractivity contribution in [2.45, 2.75) is 26.8 Å². The van der Waals surface area contributed by atoms with E-state index in [0.717, 1.165) is 17.1 Å². The van der Waals surface area contributed by atoms with E-state index >= 15 is 0 Å². The second-order valence-corrected chi connectivity index (χ2v) is 4.79. The predicted octanol–water partition coefficient (Wildman–Crippen LogP) is 2.26. The molecule has 0 spiro atoms. The van der Waals surface area contributed by atoms with Crippen LogP contribution in [0, 0.1) is 0 Å². The average molecular weight is 268 g/mol. The molecule has 0 amide bonds. The molecule has 4 nitrogen and oxygen atoms in total. The zero-order valence-electron chi connectivity index (χ0n) is 11.0. The van der Waals surface area contributed by atoms with E-state index in [2.05, 4.69) is 18.5 Å². The third-order valence-electron chi connectivity index (χ3n) is 2.33. The number of nitrogens with zero attached hydrogens (tertiary/aromatic N) is 2. The minimum Gasteiger partial charge on any atom is -0.465 e. The van der Waals surface area contributed by atoms with Gasteiger partial charge in [0.2, 0.25) is 0 Å². The summed E-state index contributed by atoms with van der Waals surface area (Å²) in [4.78, 5) is 17.9. The van der Waals surface area contributed by atoms with Crippen LogP contribution in [0.1, 0.15) is 24.5 Å². The molecule has 0 aliphatic rings. The molecule has 0 aliphatic heterocycles. The van der Waals surface area contributed by atoms with Crippen LogP contribution in [-0.2, 0) is 22.5 Å². The van der Waals surface area contributed by atoms with Crippen LogP contribution in [0.25, 0.3) is 0 Å². The Bertz CT molecular complexity index is 390. The van der Waals surface area contributed by atoms with Gasteiger partial charge in [0.05, 0.1) is 23.9 Å². The van der Waals surface area contributed by atoms with Crippen molar-refractivity contribution >= 4 is 17.3 Å². The molecule has 0 saturated heterocycles. The van der Waals surface area contributed by atoms with E-state index in [4.69, 9.17) is 4.74 Å². The Morgan fingerprint density at radius 3 is 2.94 bits per heavy atom. The van der Waals surface area contributed by atoms with Gasteiger partial charge in [0.15, 0.2) is 0 Å². The van der Waals surface area contributed by atoms with Crippen LogP contribution in [0.15, 0.2) is 18.0 Å². The van der Waals surface area contributed by atoms with Gasteiger partial charge in [-0.05, 0) is 13.3 Å². The molecule has 100 valence electrons. The molecule has 18 heavy (non-hydrogen) atoms. The van der Waals surface area contributed by atoms with E-state index in [0.29, 0.717) is 19.7 Å². The van der Waals surface area contributed by atoms with E-state index < -0.39 is 0 Å². The van der Waals surface area contributed by atoms with Gasteiger partial charge in [-0.15, -0.1) is 17.9 Å².